The van der Waals surface area contributed by atoms with Gasteiger partial charge in [0, 0.05) is 30.4 Å². The van der Waals surface area contributed by atoms with Gasteiger partial charge in [0.25, 0.3) is 5.91 Å². The first kappa shape index (κ1) is 15.5. The van der Waals surface area contributed by atoms with Crippen molar-refractivity contribution in [2.24, 2.45) is 0 Å². The third kappa shape index (κ3) is 3.69. The van der Waals surface area contributed by atoms with Crippen LogP contribution in [0.3, 0.4) is 0 Å². The number of thiazole rings is 1. The molecule has 1 N–H and O–H groups in total. The van der Waals surface area contributed by atoms with Crippen molar-refractivity contribution in [1.29, 1.82) is 0 Å². The Labute approximate surface area is 141 Å². The second kappa shape index (κ2) is 6.80. The number of pyridine rings is 1. The van der Waals surface area contributed by atoms with Crippen molar-refractivity contribution in [2.45, 2.75) is 13.5 Å². The largest absolute Gasteiger partial charge is 0.344 e. The number of nitrogens with one attached hydrogen (secondary N) is 1. The highest BCUT2D eigenvalue weighted by Gasteiger charge is 2.16. The SMILES string of the molecule is Cc1nc(-c2cncc(Cl)c2)sc1C(=O)NCc1ncccn1. The van der Waals surface area contributed by atoms with Gasteiger partial charge in [0.2, 0.25) is 0 Å². The number of hydrogen-bond donors (Lipinski definition) is 1. The molecule has 0 unspecified atom stereocenters. The van der Waals surface area contributed by atoms with Crippen LogP contribution in [-0.2, 0) is 6.54 Å². The van der Waals surface area contributed by atoms with Crippen LogP contribution in [0.1, 0.15) is 21.2 Å². The first-order valence-electron chi connectivity index (χ1n) is 6.76. The van der Waals surface area contributed by atoms with Crippen LogP contribution >= 0.6 is 22.9 Å². The lowest BCUT2D eigenvalue weighted by Crippen LogP contribution is -2.23. The van der Waals surface area contributed by atoms with E-state index < -0.39 is 0 Å². The zero-order chi connectivity index (χ0) is 16.2. The molecule has 0 spiro atoms. The average molecular weight is 346 g/mol. The Morgan fingerprint density at radius 2 is 2.09 bits per heavy atom. The summed E-state index contributed by atoms with van der Waals surface area (Å²) in [7, 11) is 0. The lowest BCUT2D eigenvalue weighted by molar-refractivity contribution is 0.0953. The number of aromatic nitrogens is 4. The monoisotopic (exact) mass is 345 g/mol. The lowest BCUT2D eigenvalue weighted by atomic mass is 10.3. The third-order valence-electron chi connectivity index (χ3n) is 2.98. The molecule has 23 heavy (non-hydrogen) atoms. The maximum atomic E-state index is 12.3. The van der Waals surface area contributed by atoms with Crippen molar-refractivity contribution in [3.05, 3.63) is 58.3 Å². The Morgan fingerprint density at radius 3 is 2.83 bits per heavy atom. The quantitative estimate of drug-likeness (QED) is 0.786. The van der Waals surface area contributed by atoms with Gasteiger partial charge in [-0.2, -0.15) is 0 Å². The molecule has 0 aliphatic rings. The maximum absolute atomic E-state index is 12.3. The zero-order valence-corrected chi connectivity index (χ0v) is 13.7. The van der Waals surface area contributed by atoms with Crippen LogP contribution in [0.15, 0.2) is 36.9 Å². The fourth-order valence-corrected chi connectivity index (χ4v) is 3.06. The number of amides is 1. The Balaban J connectivity index is 1.76. The number of carbonyl (C=O) groups is 1. The van der Waals surface area contributed by atoms with Gasteiger partial charge in [0.15, 0.2) is 0 Å². The average Bonchev–Trinajstić information content (AvgIpc) is 2.96. The van der Waals surface area contributed by atoms with Crippen molar-refractivity contribution in [1.82, 2.24) is 25.3 Å². The first-order valence-corrected chi connectivity index (χ1v) is 7.95. The molecule has 3 aromatic heterocycles. The Kier molecular flexibility index (Phi) is 4.59. The van der Waals surface area contributed by atoms with E-state index in [0.29, 0.717) is 26.4 Å². The van der Waals surface area contributed by atoms with E-state index in [-0.39, 0.29) is 12.5 Å². The van der Waals surface area contributed by atoms with E-state index >= 15 is 0 Å². The summed E-state index contributed by atoms with van der Waals surface area (Å²) >= 11 is 7.24. The van der Waals surface area contributed by atoms with Crippen LogP contribution in [-0.4, -0.2) is 25.8 Å². The minimum atomic E-state index is -0.200. The van der Waals surface area contributed by atoms with Crippen LogP contribution in [0.2, 0.25) is 5.02 Å². The van der Waals surface area contributed by atoms with Crippen LogP contribution < -0.4 is 5.32 Å². The molecule has 0 atom stereocenters. The standard InChI is InChI=1S/C15H12ClN5OS/c1-9-13(14(22)20-8-12-18-3-2-4-19-12)23-15(21-9)10-5-11(16)7-17-6-10/h2-7H,8H2,1H3,(H,20,22). The van der Waals surface area contributed by atoms with E-state index in [9.17, 15) is 4.79 Å². The van der Waals surface area contributed by atoms with E-state index in [1.54, 1.807) is 43.8 Å². The minimum Gasteiger partial charge on any atom is -0.344 e. The van der Waals surface area contributed by atoms with Crippen molar-refractivity contribution >= 4 is 28.8 Å². The van der Waals surface area contributed by atoms with Gasteiger partial charge in [-0.1, -0.05) is 11.6 Å². The highest BCUT2D eigenvalue weighted by atomic mass is 35.5. The summed E-state index contributed by atoms with van der Waals surface area (Å²) in [6, 6.07) is 3.50. The molecule has 3 aromatic rings. The number of hydrogen-bond acceptors (Lipinski definition) is 6. The van der Waals surface area contributed by atoms with Crippen LogP contribution in [0.4, 0.5) is 0 Å². The molecule has 3 rings (SSSR count). The van der Waals surface area contributed by atoms with Gasteiger partial charge in [-0.15, -0.1) is 11.3 Å². The van der Waals surface area contributed by atoms with Gasteiger partial charge in [-0.05, 0) is 19.1 Å². The summed E-state index contributed by atoms with van der Waals surface area (Å²) in [5.74, 6) is 0.357. The molecule has 1 amide bonds. The molecule has 0 aromatic carbocycles. The molecule has 0 bridgehead atoms. The molecule has 6 nitrogen and oxygen atoms in total. The van der Waals surface area contributed by atoms with Crippen molar-refractivity contribution in [3.8, 4) is 10.6 Å². The zero-order valence-electron chi connectivity index (χ0n) is 12.2. The third-order valence-corrected chi connectivity index (χ3v) is 4.39. The Hall–Kier alpha value is -2.38. The highest BCUT2D eigenvalue weighted by molar-refractivity contribution is 7.17. The van der Waals surface area contributed by atoms with E-state index in [2.05, 4.69) is 25.3 Å². The fourth-order valence-electron chi connectivity index (χ4n) is 1.92. The molecular weight excluding hydrogens is 334 g/mol. The van der Waals surface area contributed by atoms with Crippen LogP contribution in [0.25, 0.3) is 10.6 Å². The molecule has 0 saturated carbocycles. The van der Waals surface area contributed by atoms with Crippen molar-refractivity contribution in [2.75, 3.05) is 0 Å². The Morgan fingerprint density at radius 1 is 1.30 bits per heavy atom. The van der Waals surface area contributed by atoms with E-state index in [4.69, 9.17) is 11.6 Å². The second-order valence-corrected chi connectivity index (χ2v) is 6.11. The molecule has 0 aliphatic carbocycles. The summed E-state index contributed by atoms with van der Waals surface area (Å²) in [4.78, 5) is 29.5. The molecule has 0 saturated heterocycles. The molecule has 0 radical (unpaired) electrons. The van der Waals surface area contributed by atoms with Gasteiger partial charge in [0.1, 0.15) is 15.7 Å². The maximum Gasteiger partial charge on any atom is 0.263 e. The van der Waals surface area contributed by atoms with Crippen LogP contribution in [0.5, 0.6) is 0 Å². The topological polar surface area (TPSA) is 80.7 Å². The number of nitrogens with zero attached hydrogens (tertiary/aromatic N) is 4. The van der Waals surface area contributed by atoms with Gasteiger partial charge in [0.05, 0.1) is 17.3 Å². The Bertz CT molecular complexity index is 837. The van der Waals surface area contributed by atoms with E-state index in [0.717, 1.165) is 5.56 Å². The first-order chi connectivity index (χ1) is 11.1. The summed E-state index contributed by atoms with van der Waals surface area (Å²) in [5, 5.41) is 4.03. The summed E-state index contributed by atoms with van der Waals surface area (Å²) in [5.41, 5.74) is 1.45. The molecule has 8 heteroatoms. The highest BCUT2D eigenvalue weighted by Crippen LogP contribution is 2.28. The molecular formula is C15H12ClN5OS. The number of halogens is 1. The number of rotatable bonds is 4. The smallest absolute Gasteiger partial charge is 0.263 e. The number of aryl methyl sites for hydroxylation is 1. The predicted molar refractivity (Wildman–Crippen MR) is 88.3 cm³/mol. The minimum absolute atomic E-state index is 0.200. The second-order valence-electron chi connectivity index (χ2n) is 4.67. The lowest BCUT2D eigenvalue weighted by Gasteiger charge is -2.02. The molecule has 0 aliphatic heterocycles. The summed E-state index contributed by atoms with van der Waals surface area (Å²) in [6.07, 6.45) is 6.50. The predicted octanol–water partition coefficient (Wildman–Crippen LogP) is 2.89. The fraction of sp³-hybridized carbons (Fsp3) is 0.133. The van der Waals surface area contributed by atoms with Gasteiger partial charge >= 0.3 is 0 Å². The van der Waals surface area contributed by atoms with E-state index in [1.165, 1.54) is 11.3 Å². The molecule has 0 fully saturated rings. The van der Waals surface area contributed by atoms with Gasteiger partial charge in [-0.3, -0.25) is 9.78 Å². The van der Waals surface area contributed by atoms with Crippen molar-refractivity contribution < 1.29 is 4.79 Å². The molecule has 3 heterocycles. The number of carbonyl (C=O) groups excluding carboxylic acids is 1. The van der Waals surface area contributed by atoms with Crippen molar-refractivity contribution in [3.63, 3.8) is 0 Å². The van der Waals surface area contributed by atoms with Crippen LogP contribution in [0, 0.1) is 6.92 Å². The normalized spacial score (nSPS) is 10.5. The summed E-state index contributed by atoms with van der Waals surface area (Å²) < 4.78 is 0. The summed E-state index contributed by atoms with van der Waals surface area (Å²) in [6.45, 7) is 2.07. The van der Waals surface area contributed by atoms with Gasteiger partial charge in [-0.25, -0.2) is 15.0 Å². The van der Waals surface area contributed by atoms with Gasteiger partial charge < -0.3 is 5.32 Å². The van der Waals surface area contributed by atoms with E-state index in [1.807, 2.05) is 0 Å². The molecule has 116 valence electrons.